The molecule has 2 aromatic rings. The van der Waals surface area contributed by atoms with E-state index in [0.29, 0.717) is 31.1 Å². The van der Waals surface area contributed by atoms with E-state index in [9.17, 15) is 4.79 Å². The number of nitrogens with one attached hydrogen (secondary N) is 1. The van der Waals surface area contributed by atoms with Crippen molar-refractivity contribution in [2.75, 3.05) is 32.0 Å². The second-order valence-electron chi connectivity index (χ2n) is 4.62. The predicted molar refractivity (Wildman–Crippen MR) is 76.6 cm³/mol. The number of nitrogens with two attached hydrogens (primary N) is 1. The molecule has 1 aliphatic heterocycles. The highest BCUT2D eigenvalue weighted by Crippen LogP contribution is 2.27. The van der Waals surface area contributed by atoms with Crippen LogP contribution in [0.1, 0.15) is 0 Å². The monoisotopic (exact) mass is 272 g/mol. The Morgan fingerprint density at radius 3 is 3.10 bits per heavy atom. The van der Waals surface area contributed by atoms with Gasteiger partial charge in [-0.25, -0.2) is 4.79 Å². The van der Waals surface area contributed by atoms with Gasteiger partial charge in [0, 0.05) is 30.4 Å². The highest BCUT2D eigenvalue weighted by molar-refractivity contribution is 5.94. The fourth-order valence-electron chi connectivity index (χ4n) is 2.28. The molecule has 1 aliphatic rings. The van der Waals surface area contributed by atoms with Crippen LogP contribution in [0.4, 0.5) is 10.5 Å². The number of fused-ring (bicyclic) bond motifs is 1. The average Bonchev–Trinajstić information content (AvgIpc) is 2.87. The molecular formula is C14H16N4O2. The second-order valence-corrected chi connectivity index (χ2v) is 4.62. The maximum atomic E-state index is 11.4. The first-order valence-corrected chi connectivity index (χ1v) is 6.54. The summed E-state index contributed by atoms with van der Waals surface area (Å²) in [5.41, 5.74) is 7.34. The standard InChI is InChI=1S/C14H16N4O2/c15-11-3-4-12(13-10(11)2-1-5-16-13)20-9-8-18-7-6-17-14(18)19/h1-5H,6-9,15H2,(H,17,19). The lowest BCUT2D eigenvalue weighted by Crippen LogP contribution is -2.31. The Bertz CT molecular complexity index is 644. The molecule has 0 radical (unpaired) electrons. The lowest BCUT2D eigenvalue weighted by Gasteiger charge is -2.15. The summed E-state index contributed by atoms with van der Waals surface area (Å²) in [6.07, 6.45) is 1.71. The number of hydrogen-bond donors (Lipinski definition) is 2. The largest absolute Gasteiger partial charge is 0.489 e. The molecule has 0 bridgehead atoms. The third kappa shape index (κ3) is 2.32. The molecule has 1 aromatic carbocycles. The zero-order chi connectivity index (χ0) is 13.9. The third-order valence-electron chi connectivity index (χ3n) is 3.33. The van der Waals surface area contributed by atoms with Gasteiger partial charge in [-0.05, 0) is 24.3 Å². The van der Waals surface area contributed by atoms with Gasteiger partial charge in [0.2, 0.25) is 0 Å². The van der Waals surface area contributed by atoms with Crippen molar-refractivity contribution in [1.82, 2.24) is 15.2 Å². The van der Waals surface area contributed by atoms with Crippen molar-refractivity contribution in [1.29, 1.82) is 0 Å². The van der Waals surface area contributed by atoms with E-state index < -0.39 is 0 Å². The first-order valence-electron chi connectivity index (χ1n) is 6.54. The number of aromatic nitrogens is 1. The van der Waals surface area contributed by atoms with Crippen LogP contribution in [0.2, 0.25) is 0 Å². The van der Waals surface area contributed by atoms with Gasteiger partial charge in [-0.15, -0.1) is 0 Å². The van der Waals surface area contributed by atoms with Crippen molar-refractivity contribution < 1.29 is 9.53 Å². The first kappa shape index (κ1) is 12.5. The molecule has 0 spiro atoms. The topological polar surface area (TPSA) is 80.5 Å². The molecule has 1 saturated heterocycles. The number of carbonyl (C=O) groups excluding carboxylic acids is 1. The molecule has 0 saturated carbocycles. The van der Waals surface area contributed by atoms with Crippen LogP contribution in [-0.2, 0) is 0 Å². The van der Waals surface area contributed by atoms with E-state index in [1.54, 1.807) is 11.1 Å². The fraction of sp³-hybridized carbons (Fsp3) is 0.286. The van der Waals surface area contributed by atoms with Crippen molar-refractivity contribution in [2.45, 2.75) is 0 Å². The van der Waals surface area contributed by atoms with Gasteiger partial charge in [0.05, 0.1) is 6.54 Å². The van der Waals surface area contributed by atoms with Gasteiger partial charge in [0.25, 0.3) is 0 Å². The Morgan fingerprint density at radius 2 is 2.30 bits per heavy atom. The molecule has 104 valence electrons. The van der Waals surface area contributed by atoms with Crippen molar-refractivity contribution >= 4 is 22.6 Å². The highest BCUT2D eigenvalue weighted by atomic mass is 16.5. The molecule has 0 unspecified atom stereocenters. The molecule has 0 aliphatic carbocycles. The van der Waals surface area contributed by atoms with Crippen LogP contribution in [0, 0.1) is 0 Å². The molecule has 3 N–H and O–H groups in total. The quantitative estimate of drug-likeness (QED) is 0.820. The van der Waals surface area contributed by atoms with E-state index >= 15 is 0 Å². The van der Waals surface area contributed by atoms with Crippen LogP contribution >= 0.6 is 0 Å². The van der Waals surface area contributed by atoms with E-state index in [0.717, 1.165) is 17.4 Å². The van der Waals surface area contributed by atoms with Gasteiger partial charge in [-0.2, -0.15) is 0 Å². The Kier molecular flexibility index (Phi) is 3.28. The number of nitrogens with zero attached hydrogens (tertiary/aromatic N) is 2. The number of ether oxygens (including phenoxy) is 1. The summed E-state index contributed by atoms with van der Waals surface area (Å²) in [6.45, 7) is 2.42. The van der Waals surface area contributed by atoms with E-state index in [4.69, 9.17) is 10.5 Å². The number of amides is 2. The number of hydrogen-bond acceptors (Lipinski definition) is 4. The number of benzene rings is 1. The summed E-state index contributed by atoms with van der Waals surface area (Å²) < 4.78 is 5.74. The molecular weight excluding hydrogens is 256 g/mol. The van der Waals surface area contributed by atoms with Crippen molar-refractivity contribution in [3.63, 3.8) is 0 Å². The van der Waals surface area contributed by atoms with Gasteiger partial charge in [0.1, 0.15) is 17.9 Å². The molecule has 2 amide bonds. The molecule has 6 heteroatoms. The number of anilines is 1. The van der Waals surface area contributed by atoms with Crippen molar-refractivity contribution in [3.8, 4) is 5.75 Å². The minimum atomic E-state index is -0.0334. The maximum absolute atomic E-state index is 11.4. The number of urea groups is 1. The Morgan fingerprint density at radius 1 is 1.40 bits per heavy atom. The highest BCUT2D eigenvalue weighted by Gasteiger charge is 2.18. The summed E-state index contributed by atoms with van der Waals surface area (Å²) in [4.78, 5) is 17.4. The van der Waals surface area contributed by atoms with Crippen molar-refractivity contribution in [3.05, 3.63) is 30.5 Å². The van der Waals surface area contributed by atoms with Gasteiger partial charge in [-0.1, -0.05) is 0 Å². The Balaban J connectivity index is 1.71. The van der Waals surface area contributed by atoms with Crippen LogP contribution in [-0.4, -0.2) is 42.2 Å². The van der Waals surface area contributed by atoms with E-state index in [2.05, 4.69) is 10.3 Å². The molecule has 0 atom stereocenters. The number of carbonyl (C=O) groups is 1. The van der Waals surface area contributed by atoms with Crippen LogP contribution in [0.25, 0.3) is 10.9 Å². The average molecular weight is 272 g/mol. The van der Waals surface area contributed by atoms with E-state index in [-0.39, 0.29) is 6.03 Å². The molecule has 6 nitrogen and oxygen atoms in total. The fourth-order valence-corrected chi connectivity index (χ4v) is 2.28. The maximum Gasteiger partial charge on any atom is 0.317 e. The third-order valence-corrected chi connectivity index (χ3v) is 3.33. The Hall–Kier alpha value is -2.50. The lowest BCUT2D eigenvalue weighted by atomic mass is 10.2. The molecule has 1 fully saturated rings. The summed E-state index contributed by atoms with van der Waals surface area (Å²) in [6, 6.07) is 7.35. The summed E-state index contributed by atoms with van der Waals surface area (Å²) in [7, 11) is 0. The number of rotatable bonds is 4. The lowest BCUT2D eigenvalue weighted by molar-refractivity contribution is 0.203. The molecule has 2 heterocycles. The smallest absolute Gasteiger partial charge is 0.317 e. The minimum absolute atomic E-state index is 0.0334. The van der Waals surface area contributed by atoms with Gasteiger partial charge >= 0.3 is 6.03 Å². The second kappa shape index (κ2) is 5.24. The van der Waals surface area contributed by atoms with E-state index in [1.807, 2.05) is 24.3 Å². The zero-order valence-electron chi connectivity index (χ0n) is 11.0. The Labute approximate surface area is 116 Å². The van der Waals surface area contributed by atoms with Gasteiger partial charge in [-0.3, -0.25) is 4.98 Å². The summed E-state index contributed by atoms with van der Waals surface area (Å²) in [5.74, 6) is 0.689. The van der Waals surface area contributed by atoms with Crippen molar-refractivity contribution in [2.24, 2.45) is 0 Å². The normalized spacial score (nSPS) is 14.6. The predicted octanol–water partition coefficient (Wildman–Crippen LogP) is 1.22. The molecule has 1 aromatic heterocycles. The summed E-state index contributed by atoms with van der Waals surface area (Å²) in [5, 5.41) is 3.64. The number of nitrogen functional groups attached to an aromatic ring is 1. The SMILES string of the molecule is Nc1ccc(OCCN2CCNC2=O)c2ncccc12. The summed E-state index contributed by atoms with van der Waals surface area (Å²) >= 11 is 0. The number of pyridine rings is 1. The molecule has 20 heavy (non-hydrogen) atoms. The van der Waals surface area contributed by atoms with Crippen LogP contribution in [0.3, 0.4) is 0 Å². The van der Waals surface area contributed by atoms with Gasteiger partial charge < -0.3 is 20.7 Å². The first-order chi connectivity index (χ1) is 9.75. The van der Waals surface area contributed by atoms with Crippen LogP contribution < -0.4 is 15.8 Å². The van der Waals surface area contributed by atoms with Crippen LogP contribution in [0.15, 0.2) is 30.5 Å². The van der Waals surface area contributed by atoms with E-state index in [1.165, 1.54) is 0 Å². The molecule has 3 rings (SSSR count). The zero-order valence-corrected chi connectivity index (χ0v) is 11.0. The minimum Gasteiger partial charge on any atom is -0.489 e. The van der Waals surface area contributed by atoms with Crippen LogP contribution in [0.5, 0.6) is 5.75 Å². The van der Waals surface area contributed by atoms with Gasteiger partial charge in [0.15, 0.2) is 0 Å².